The van der Waals surface area contributed by atoms with Gasteiger partial charge in [0.25, 0.3) is 0 Å². The summed E-state index contributed by atoms with van der Waals surface area (Å²) < 4.78 is 3.27. The molecular weight excluding hydrogens is 346 g/mol. The summed E-state index contributed by atoms with van der Waals surface area (Å²) in [6.45, 7) is 6.48. The molecule has 2 aromatic heterocycles. The molecule has 0 radical (unpaired) electrons. The molecule has 0 aliphatic carbocycles. The van der Waals surface area contributed by atoms with Gasteiger partial charge in [-0.15, -0.1) is 22.9 Å². The molecule has 0 spiro atoms. The summed E-state index contributed by atoms with van der Waals surface area (Å²) in [6, 6.07) is 3.97. The predicted octanol–water partition coefficient (Wildman–Crippen LogP) is 4.79. The van der Waals surface area contributed by atoms with Gasteiger partial charge in [-0.05, 0) is 54.2 Å². The van der Waals surface area contributed by atoms with Crippen LogP contribution in [0.2, 0.25) is 0 Å². The minimum absolute atomic E-state index is 0.00809. The average molecular weight is 361 g/mol. The molecule has 2 nitrogen and oxygen atoms in total. The fourth-order valence-corrected chi connectivity index (χ4v) is 3.67. The van der Waals surface area contributed by atoms with E-state index in [9.17, 15) is 4.79 Å². The SMILES string of the molecule is Cc1cc(C(=O)C(C)Cl)c(C)n1Cc1sccc1Br. The topological polar surface area (TPSA) is 22.0 Å². The first kappa shape index (κ1) is 14.8. The van der Waals surface area contributed by atoms with Gasteiger partial charge in [0.15, 0.2) is 5.78 Å². The van der Waals surface area contributed by atoms with Crippen molar-refractivity contribution in [1.29, 1.82) is 0 Å². The highest BCUT2D eigenvalue weighted by atomic mass is 79.9. The Bertz CT molecular complexity index is 615. The summed E-state index contributed by atoms with van der Waals surface area (Å²) in [5, 5.41) is 1.57. The molecule has 0 aliphatic heterocycles. The Morgan fingerprint density at radius 3 is 2.74 bits per heavy atom. The Kier molecular flexibility index (Phi) is 4.54. The number of aryl methyl sites for hydroxylation is 1. The van der Waals surface area contributed by atoms with Gasteiger partial charge in [-0.2, -0.15) is 0 Å². The number of rotatable bonds is 4. The second-order valence-corrected chi connectivity index (χ2v) is 7.05. The molecular formula is C14H15BrClNOS. The molecule has 0 fully saturated rings. The van der Waals surface area contributed by atoms with Crippen molar-refractivity contribution >= 4 is 44.7 Å². The van der Waals surface area contributed by atoms with E-state index in [2.05, 4.69) is 25.9 Å². The molecule has 0 saturated heterocycles. The van der Waals surface area contributed by atoms with Crippen molar-refractivity contribution in [3.63, 3.8) is 0 Å². The third-order valence-corrected chi connectivity index (χ3v) is 5.30. The highest BCUT2D eigenvalue weighted by Gasteiger charge is 2.19. The van der Waals surface area contributed by atoms with Crippen molar-refractivity contribution < 1.29 is 4.79 Å². The fraction of sp³-hybridized carbons (Fsp3) is 0.357. The minimum Gasteiger partial charge on any atom is -0.343 e. The standard InChI is InChI=1S/C14H15BrClNOS/c1-8-6-11(14(18)9(2)16)10(3)17(8)7-13-12(15)4-5-19-13/h4-6,9H,7H2,1-3H3. The maximum atomic E-state index is 12.0. The first-order chi connectivity index (χ1) is 8.91. The first-order valence-corrected chi connectivity index (χ1v) is 8.09. The lowest BCUT2D eigenvalue weighted by Crippen LogP contribution is -2.12. The van der Waals surface area contributed by atoms with Crippen molar-refractivity contribution in [1.82, 2.24) is 4.57 Å². The van der Waals surface area contributed by atoms with Gasteiger partial charge in [0.05, 0.1) is 11.9 Å². The zero-order valence-corrected chi connectivity index (χ0v) is 14.2. The number of ketones is 1. The smallest absolute Gasteiger partial charge is 0.182 e. The van der Waals surface area contributed by atoms with Crippen LogP contribution in [0.15, 0.2) is 22.0 Å². The molecule has 2 rings (SSSR count). The normalized spacial score (nSPS) is 12.7. The van der Waals surface area contributed by atoms with Gasteiger partial charge in [0.1, 0.15) is 0 Å². The summed E-state index contributed by atoms with van der Waals surface area (Å²) in [4.78, 5) is 13.3. The van der Waals surface area contributed by atoms with E-state index in [0.717, 1.165) is 28.0 Å². The minimum atomic E-state index is -0.484. The summed E-state index contributed by atoms with van der Waals surface area (Å²) in [6.07, 6.45) is 0. The van der Waals surface area contributed by atoms with E-state index in [4.69, 9.17) is 11.6 Å². The fourth-order valence-electron chi connectivity index (χ4n) is 2.09. The summed E-state index contributed by atoms with van der Waals surface area (Å²) in [7, 11) is 0. The van der Waals surface area contributed by atoms with Crippen LogP contribution in [0.4, 0.5) is 0 Å². The van der Waals surface area contributed by atoms with Crippen LogP contribution in [-0.2, 0) is 6.54 Å². The van der Waals surface area contributed by atoms with Crippen LogP contribution in [0.3, 0.4) is 0 Å². The number of hydrogen-bond acceptors (Lipinski definition) is 2. The molecule has 102 valence electrons. The van der Waals surface area contributed by atoms with E-state index < -0.39 is 5.38 Å². The molecule has 1 atom stereocenters. The number of Topliss-reactive ketones (excluding diaryl/α,β-unsaturated/α-hetero) is 1. The van der Waals surface area contributed by atoms with Gasteiger partial charge < -0.3 is 4.57 Å². The Balaban J connectivity index is 2.37. The Morgan fingerprint density at radius 2 is 2.21 bits per heavy atom. The lowest BCUT2D eigenvalue weighted by Gasteiger charge is -2.09. The van der Waals surface area contributed by atoms with Gasteiger partial charge in [0, 0.05) is 26.3 Å². The largest absolute Gasteiger partial charge is 0.343 e. The second-order valence-electron chi connectivity index (χ2n) is 4.54. The van der Waals surface area contributed by atoms with E-state index >= 15 is 0 Å². The molecule has 2 heterocycles. The maximum Gasteiger partial charge on any atom is 0.182 e. The van der Waals surface area contributed by atoms with E-state index in [-0.39, 0.29) is 5.78 Å². The number of carbonyl (C=O) groups is 1. The maximum absolute atomic E-state index is 12.0. The highest BCUT2D eigenvalue weighted by Crippen LogP contribution is 2.26. The summed E-state index contributed by atoms with van der Waals surface area (Å²) in [5.41, 5.74) is 2.79. The van der Waals surface area contributed by atoms with Crippen molar-refractivity contribution in [2.75, 3.05) is 0 Å². The number of carbonyl (C=O) groups excluding carboxylic acids is 1. The van der Waals surface area contributed by atoms with E-state index in [0.29, 0.717) is 0 Å². The van der Waals surface area contributed by atoms with Crippen LogP contribution in [0.1, 0.15) is 33.5 Å². The number of halogens is 2. The van der Waals surface area contributed by atoms with Gasteiger partial charge in [0.2, 0.25) is 0 Å². The second kappa shape index (κ2) is 5.81. The van der Waals surface area contributed by atoms with E-state index in [1.807, 2.05) is 26.0 Å². The quantitative estimate of drug-likeness (QED) is 0.567. The molecule has 1 unspecified atom stereocenters. The van der Waals surface area contributed by atoms with Crippen molar-refractivity contribution in [3.05, 3.63) is 43.8 Å². The lowest BCUT2D eigenvalue weighted by molar-refractivity contribution is 0.0991. The molecule has 0 amide bonds. The van der Waals surface area contributed by atoms with Crippen molar-refractivity contribution in [3.8, 4) is 0 Å². The van der Waals surface area contributed by atoms with E-state index in [1.165, 1.54) is 4.88 Å². The lowest BCUT2D eigenvalue weighted by atomic mass is 10.1. The Labute approximate surface area is 130 Å². The molecule has 0 saturated carbocycles. The third-order valence-electron chi connectivity index (χ3n) is 3.19. The van der Waals surface area contributed by atoms with E-state index in [1.54, 1.807) is 18.3 Å². The van der Waals surface area contributed by atoms with Crippen LogP contribution in [0.25, 0.3) is 0 Å². The monoisotopic (exact) mass is 359 g/mol. The number of alkyl halides is 1. The van der Waals surface area contributed by atoms with Crippen LogP contribution in [-0.4, -0.2) is 15.7 Å². The van der Waals surface area contributed by atoms with Crippen molar-refractivity contribution in [2.45, 2.75) is 32.7 Å². The molecule has 0 bridgehead atoms. The Morgan fingerprint density at radius 1 is 1.53 bits per heavy atom. The zero-order chi connectivity index (χ0) is 14.2. The molecule has 5 heteroatoms. The van der Waals surface area contributed by atoms with Crippen LogP contribution < -0.4 is 0 Å². The van der Waals surface area contributed by atoms with Crippen LogP contribution in [0, 0.1) is 13.8 Å². The van der Waals surface area contributed by atoms with Gasteiger partial charge in [-0.3, -0.25) is 4.79 Å². The van der Waals surface area contributed by atoms with Gasteiger partial charge >= 0.3 is 0 Å². The molecule has 2 aromatic rings. The molecule has 19 heavy (non-hydrogen) atoms. The number of nitrogens with zero attached hydrogens (tertiary/aromatic N) is 1. The third kappa shape index (κ3) is 2.96. The van der Waals surface area contributed by atoms with Crippen molar-refractivity contribution in [2.24, 2.45) is 0 Å². The summed E-state index contributed by atoms with van der Waals surface area (Å²) in [5.74, 6) is -0.00809. The number of aromatic nitrogens is 1. The molecule has 0 aliphatic rings. The zero-order valence-electron chi connectivity index (χ0n) is 11.0. The van der Waals surface area contributed by atoms with Gasteiger partial charge in [-0.25, -0.2) is 0 Å². The number of thiophene rings is 1. The Hall–Kier alpha value is -0.580. The average Bonchev–Trinajstić information content (AvgIpc) is 2.87. The predicted molar refractivity (Wildman–Crippen MR) is 84.7 cm³/mol. The van der Waals surface area contributed by atoms with Crippen LogP contribution in [0.5, 0.6) is 0 Å². The molecule has 0 aromatic carbocycles. The highest BCUT2D eigenvalue weighted by molar-refractivity contribution is 9.10. The van der Waals surface area contributed by atoms with Crippen LogP contribution >= 0.6 is 38.9 Å². The molecule has 0 N–H and O–H groups in total. The van der Waals surface area contributed by atoms with Gasteiger partial charge in [-0.1, -0.05) is 0 Å². The summed E-state index contributed by atoms with van der Waals surface area (Å²) >= 11 is 11.1. The first-order valence-electron chi connectivity index (χ1n) is 5.98. The number of hydrogen-bond donors (Lipinski definition) is 0.